The maximum atomic E-state index is 10.6. The van der Waals surface area contributed by atoms with Crippen molar-refractivity contribution < 1.29 is 30.3 Å². The van der Waals surface area contributed by atoms with Gasteiger partial charge in [-0.2, -0.15) is 0 Å². The standard InChI is InChI=1S/C10H20O6/c1-6(12)7(13)9(3,15)10(4,16)8(2,14)5-11/h5-7,12-16H,1-4H3/t6-,7+,8-,9+,10+/m0/s1. The first-order chi connectivity index (χ1) is 6.91. The molecule has 6 heteroatoms. The molecule has 0 amide bonds. The van der Waals surface area contributed by atoms with Gasteiger partial charge in [-0.25, -0.2) is 0 Å². The molecule has 0 radical (unpaired) electrons. The van der Waals surface area contributed by atoms with Gasteiger partial charge in [0.15, 0.2) is 6.29 Å². The zero-order chi connectivity index (χ0) is 13.4. The van der Waals surface area contributed by atoms with Crippen LogP contribution in [0.2, 0.25) is 0 Å². The Morgan fingerprint density at radius 2 is 1.44 bits per heavy atom. The van der Waals surface area contributed by atoms with E-state index in [1.165, 1.54) is 6.92 Å². The molecule has 6 nitrogen and oxygen atoms in total. The number of hydrogen-bond acceptors (Lipinski definition) is 6. The van der Waals surface area contributed by atoms with Crippen molar-refractivity contribution in [3.8, 4) is 0 Å². The van der Waals surface area contributed by atoms with Gasteiger partial charge in [0.05, 0.1) is 6.10 Å². The molecule has 0 bridgehead atoms. The van der Waals surface area contributed by atoms with E-state index in [-0.39, 0.29) is 6.29 Å². The van der Waals surface area contributed by atoms with Crippen LogP contribution in [0.1, 0.15) is 27.7 Å². The highest BCUT2D eigenvalue weighted by Crippen LogP contribution is 2.35. The highest BCUT2D eigenvalue weighted by atomic mass is 16.4. The SMILES string of the molecule is C[C@H](O)[C@@H](O)[C@@](C)(O)[C@](C)(O)[C@@](C)(O)C=O. The Morgan fingerprint density at radius 3 is 1.69 bits per heavy atom. The quantitative estimate of drug-likeness (QED) is 0.359. The second-order valence-electron chi connectivity index (χ2n) is 4.67. The molecule has 0 aliphatic carbocycles. The fraction of sp³-hybridized carbons (Fsp3) is 0.900. The molecule has 0 spiro atoms. The Kier molecular flexibility index (Phi) is 4.24. The molecule has 0 rings (SSSR count). The minimum absolute atomic E-state index is 0.0657. The zero-order valence-electron chi connectivity index (χ0n) is 9.88. The van der Waals surface area contributed by atoms with Crippen LogP contribution in [0, 0.1) is 0 Å². The van der Waals surface area contributed by atoms with Crippen LogP contribution < -0.4 is 0 Å². The summed E-state index contributed by atoms with van der Waals surface area (Å²) in [4.78, 5) is 10.6. The minimum atomic E-state index is -2.32. The van der Waals surface area contributed by atoms with Crippen molar-refractivity contribution in [2.45, 2.75) is 56.7 Å². The van der Waals surface area contributed by atoms with E-state index in [2.05, 4.69) is 0 Å². The lowest BCUT2D eigenvalue weighted by atomic mass is 9.70. The van der Waals surface area contributed by atoms with Crippen LogP contribution in [0.3, 0.4) is 0 Å². The average molecular weight is 236 g/mol. The Morgan fingerprint density at radius 1 is 1.06 bits per heavy atom. The second-order valence-corrected chi connectivity index (χ2v) is 4.67. The molecule has 0 aromatic heterocycles. The predicted molar refractivity (Wildman–Crippen MR) is 55.6 cm³/mol. The third-order valence-electron chi connectivity index (χ3n) is 3.23. The van der Waals surface area contributed by atoms with Crippen molar-refractivity contribution in [2.24, 2.45) is 0 Å². The van der Waals surface area contributed by atoms with Crippen LogP contribution in [-0.2, 0) is 4.79 Å². The smallest absolute Gasteiger partial charge is 0.154 e. The lowest BCUT2D eigenvalue weighted by Gasteiger charge is -2.47. The Hall–Kier alpha value is -0.530. The van der Waals surface area contributed by atoms with Gasteiger partial charge in [-0.05, 0) is 27.7 Å². The summed E-state index contributed by atoms with van der Waals surface area (Å²) in [5.41, 5.74) is -6.84. The number of carbonyl (C=O) groups excluding carboxylic acids is 1. The number of rotatable bonds is 5. The summed E-state index contributed by atoms with van der Waals surface area (Å²) in [6, 6.07) is 0. The normalized spacial score (nSPS) is 27.1. The molecule has 0 saturated carbocycles. The average Bonchev–Trinajstić information content (AvgIpc) is 2.15. The van der Waals surface area contributed by atoms with Crippen molar-refractivity contribution in [1.82, 2.24) is 0 Å². The van der Waals surface area contributed by atoms with Crippen molar-refractivity contribution >= 4 is 6.29 Å². The van der Waals surface area contributed by atoms with E-state index in [0.29, 0.717) is 0 Å². The Balaban J connectivity index is 5.36. The summed E-state index contributed by atoms with van der Waals surface area (Å²) in [5, 5.41) is 48.3. The third kappa shape index (κ3) is 2.26. The first-order valence-corrected chi connectivity index (χ1v) is 4.91. The summed E-state index contributed by atoms with van der Waals surface area (Å²) in [6.45, 7) is 4.25. The van der Waals surface area contributed by atoms with E-state index < -0.39 is 29.0 Å². The first-order valence-electron chi connectivity index (χ1n) is 4.91. The van der Waals surface area contributed by atoms with Crippen LogP contribution in [0.25, 0.3) is 0 Å². The molecule has 96 valence electrons. The van der Waals surface area contributed by atoms with Gasteiger partial charge in [0, 0.05) is 0 Å². The monoisotopic (exact) mass is 236 g/mol. The van der Waals surface area contributed by atoms with Crippen LogP contribution in [0.5, 0.6) is 0 Å². The van der Waals surface area contributed by atoms with Crippen molar-refractivity contribution in [1.29, 1.82) is 0 Å². The molecule has 0 aliphatic rings. The number of aliphatic hydroxyl groups excluding tert-OH is 2. The van der Waals surface area contributed by atoms with Gasteiger partial charge in [0.1, 0.15) is 22.9 Å². The third-order valence-corrected chi connectivity index (χ3v) is 3.23. The first kappa shape index (κ1) is 15.5. The van der Waals surface area contributed by atoms with Gasteiger partial charge in [-0.15, -0.1) is 0 Å². The van der Waals surface area contributed by atoms with Crippen LogP contribution >= 0.6 is 0 Å². The molecule has 0 heterocycles. The summed E-state index contributed by atoms with van der Waals surface area (Å²) in [7, 11) is 0. The highest BCUT2D eigenvalue weighted by Gasteiger charge is 2.58. The molecule has 0 aromatic rings. The maximum Gasteiger partial charge on any atom is 0.154 e. The van der Waals surface area contributed by atoms with Crippen LogP contribution in [0.4, 0.5) is 0 Å². The molecule has 0 aromatic carbocycles. The van der Waals surface area contributed by atoms with Crippen molar-refractivity contribution in [3.05, 3.63) is 0 Å². The van der Waals surface area contributed by atoms with Crippen LogP contribution in [0.15, 0.2) is 0 Å². The summed E-state index contributed by atoms with van der Waals surface area (Å²) >= 11 is 0. The lowest BCUT2D eigenvalue weighted by Crippen LogP contribution is -2.70. The fourth-order valence-electron chi connectivity index (χ4n) is 1.38. The van der Waals surface area contributed by atoms with Crippen LogP contribution in [-0.4, -0.2) is 60.8 Å². The van der Waals surface area contributed by atoms with Crippen molar-refractivity contribution in [3.63, 3.8) is 0 Å². The van der Waals surface area contributed by atoms with Gasteiger partial charge in [-0.1, -0.05) is 0 Å². The van der Waals surface area contributed by atoms with E-state index >= 15 is 0 Å². The van der Waals surface area contributed by atoms with Crippen molar-refractivity contribution in [2.75, 3.05) is 0 Å². The van der Waals surface area contributed by atoms with E-state index in [1.807, 2.05) is 0 Å². The zero-order valence-corrected chi connectivity index (χ0v) is 9.88. The molecule has 0 fully saturated rings. The summed E-state index contributed by atoms with van der Waals surface area (Å²) in [5.74, 6) is 0. The minimum Gasteiger partial charge on any atom is -0.391 e. The molecule has 5 atom stereocenters. The van der Waals surface area contributed by atoms with Gasteiger partial charge >= 0.3 is 0 Å². The topological polar surface area (TPSA) is 118 Å². The Labute approximate surface area is 94.2 Å². The second kappa shape index (κ2) is 4.38. The molecule has 0 saturated heterocycles. The molecule has 16 heavy (non-hydrogen) atoms. The number of carbonyl (C=O) groups is 1. The highest BCUT2D eigenvalue weighted by molar-refractivity contribution is 5.64. The van der Waals surface area contributed by atoms with Gasteiger partial charge in [0.2, 0.25) is 0 Å². The molecule has 5 N–H and O–H groups in total. The lowest BCUT2D eigenvalue weighted by molar-refractivity contribution is -0.255. The summed E-state index contributed by atoms with van der Waals surface area (Å²) in [6.07, 6.45) is -2.98. The van der Waals surface area contributed by atoms with Gasteiger partial charge in [-0.3, -0.25) is 0 Å². The van der Waals surface area contributed by atoms with E-state index in [9.17, 15) is 25.2 Å². The molecular weight excluding hydrogens is 216 g/mol. The molecular formula is C10H20O6. The van der Waals surface area contributed by atoms with E-state index in [0.717, 1.165) is 20.8 Å². The maximum absolute atomic E-state index is 10.6. The molecule has 0 unspecified atom stereocenters. The van der Waals surface area contributed by atoms with E-state index in [1.54, 1.807) is 0 Å². The summed E-state index contributed by atoms with van der Waals surface area (Å²) < 4.78 is 0. The van der Waals surface area contributed by atoms with E-state index in [4.69, 9.17) is 5.11 Å². The molecule has 0 aliphatic heterocycles. The Bertz CT molecular complexity index is 256. The number of aldehydes is 1. The fourth-order valence-corrected chi connectivity index (χ4v) is 1.38. The number of aliphatic hydroxyl groups is 5. The predicted octanol–water partition coefficient (Wildman–Crippen LogP) is -1.82. The van der Waals surface area contributed by atoms with Gasteiger partial charge in [0.25, 0.3) is 0 Å². The number of hydrogen-bond donors (Lipinski definition) is 5. The largest absolute Gasteiger partial charge is 0.391 e. The van der Waals surface area contributed by atoms with Gasteiger partial charge < -0.3 is 30.3 Å².